The van der Waals surface area contributed by atoms with Gasteiger partial charge < -0.3 is 16.0 Å². The summed E-state index contributed by atoms with van der Waals surface area (Å²) in [6.45, 7) is 3.54. The predicted octanol–water partition coefficient (Wildman–Crippen LogP) is 2.00. The molecule has 0 saturated heterocycles. The minimum atomic E-state index is -0.515. The Balaban J connectivity index is 0.00000144. The largest absolute Gasteiger partial charge is 0.342 e. The third-order valence-electron chi connectivity index (χ3n) is 2.28. The van der Waals surface area contributed by atoms with E-state index in [2.05, 4.69) is 15.3 Å². The molecule has 1 amide bonds. The zero-order valence-corrected chi connectivity index (χ0v) is 11.7. The number of nitrogens with two attached hydrogens (primary N) is 1. The van der Waals surface area contributed by atoms with Crippen LogP contribution in [-0.2, 0) is 4.79 Å². The lowest BCUT2D eigenvalue weighted by atomic mass is 10.2. The molecule has 0 aliphatic heterocycles. The number of aromatic amines is 1. The lowest BCUT2D eigenvalue weighted by molar-refractivity contribution is -0.117. The normalized spacial score (nSPS) is 11.3. The van der Waals surface area contributed by atoms with Gasteiger partial charge in [-0.25, -0.2) is 4.98 Å². The fourth-order valence-electron chi connectivity index (χ4n) is 1.47. The molecule has 0 aliphatic carbocycles. The van der Waals surface area contributed by atoms with Gasteiger partial charge in [0.25, 0.3) is 0 Å². The Kier molecular flexibility index (Phi) is 6.11. The molecule has 0 aliphatic rings. The first kappa shape index (κ1) is 16.7. The third kappa shape index (κ3) is 3.60. The summed E-state index contributed by atoms with van der Waals surface area (Å²) in [5.74, 6) is 0.654. The van der Waals surface area contributed by atoms with Crippen LogP contribution in [0.4, 0.5) is 5.69 Å². The Morgan fingerprint density at radius 1 is 1.44 bits per heavy atom. The van der Waals surface area contributed by atoms with Gasteiger partial charge >= 0.3 is 0 Å². The number of H-pyrrole nitrogens is 1. The van der Waals surface area contributed by atoms with Crippen LogP contribution in [0, 0.1) is 6.92 Å². The van der Waals surface area contributed by atoms with Crippen molar-refractivity contribution >= 4 is 47.4 Å². The number of nitrogens with zero attached hydrogens (tertiary/aromatic N) is 1. The van der Waals surface area contributed by atoms with E-state index < -0.39 is 6.04 Å². The van der Waals surface area contributed by atoms with Gasteiger partial charge in [0.05, 0.1) is 17.1 Å². The van der Waals surface area contributed by atoms with Crippen LogP contribution in [0.3, 0.4) is 0 Å². The summed E-state index contributed by atoms with van der Waals surface area (Å²) in [5, 5.41) is 2.73. The molecule has 0 spiro atoms. The number of benzene rings is 1. The SMILES string of the molecule is Cc1nc2ccc(NC(=O)[C@H](C)N)cc2[nH]1.Cl.Cl. The second-order valence-electron chi connectivity index (χ2n) is 3.83. The van der Waals surface area contributed by atoms with E-state index in [4.69, 9.17) is 5.73 Å². The Labute approximate surface area is 117 Å². The number of rotatable bonds is 2. The number of aromatic nitrogens is 2. The van der Waals surface area contributed by atoms with Gasteiger partial charge in [0.1, 0.15) is 5.82 Å². The molecule has 1 heterocycles. The highest BCUT2D eigenvalue weighted by atomic mass is 35.5. The molecule has 0 fully saturated rings. The van der Waals surface area contributed by atoms with Crippen molar-refractivity contribution < 1.29 is 4.79 Å². The monoisotopic (exact) mass is 290 g/mol. The van der Waals surface area contributed by atoms with Crippen LogP contribution >= 0.6 is 24.8 Å². The van der Waals surface area contributed by atoms with Gasteiger partial charge in [0.2, 0.25) is 5.91 Å². The molecular weight excluding hydrogens is 275 g/mol. The van der Waals surface area contributed by atoms with Crippen LogP contribution in [0.15, 0.2) is 18.2 Å². The number of halogens is 2. The van der Waals surface area contributed by atoms with Gasteiger partial charge in [0, 0.05) is 5.69 Å². The number of hydrogen-bond acceptors (Lipinski definition) is 3. The van der Waals surface area contributed by atoms with Crippen molar-refractivity contribution in [3.8, 4) is 0 Å². The summed E-state index contributed by atoms with van der Waals surface area (Å²) >= 11 is 0. The summed E-state index contributed by atoms with van der Waals surface area (Å²) in [4.78, 5) is 18.8. The highest BCUT2D eigenvalue weighted by Crippen LogP contribution is 2.16. The first-order valence-corrected chi connectivity index (χ1v) is 5.09. The Hall–Kier alpha value is -1.30. The van der Waals surface area contributed by atoms with Crippen LogP contribution in [0.25, 0.3) is 11.0 Å². The summed E-state index contributed by atoms with van der Waals surface area (Å²) in [6.07, 6.45) is 0. The molecule has 18 heavy (non-hydrogen) atoms. The molecule has 7 heteroatoms. The quantitative estimate of drug-likeness (QED) is 0.791. The number of anilines is 1. The van der Waals surface area contributed by atoms with Crippen molar-refractivity contribution in [3.63, 3.8) is 0 Å². The zero-order valence-electron chi connectivity index (χ0n) is 10.1. The maximum absolute atomic E-state index is 11.4. The van der Waals surface area contributed by atoms with E-state index in [-0.39, 0.29) is 30.7 Å². The fraction of sp³-hybridized carbons (Fsp3) is 0.273. The van der Waals surface area contributed by atoms with Gasteiger partial charge in [-0.2, -0.15) is 0 Å². The van der Waals surface area contributed by atoms with Gasteiger partial charge in [-0.1, -0.05) is 0 Å². The average molecular weight is 291 g/mol. The maximum atomic E-state index is 11.4. The average Bonchev–Trinajstić information content (AvgIpc) is 2.57. The van der Waals surface area contributed by atoms with E-state index >= 15 is 0 Å². The molecule has 0 bridgehead atoms. The molecule has 100 valence electrons. The fourth-order valence-corrected chi connectivity index (χ4v) is 1.47. The van der Waals surface area contributed by atoms with Crippen LogP contribution in [0.1, 0.15) is 12.7 Å². The molecule has 4 N–H and O–H groups in total. The number of aryl methyl sites for hydroxylation is 1. The van der Waals surface area contributed by atoms with E-state index in [1.807, 2.05) is 25.1 Å². The summed E-state index contributed by atoms with van der Waals surface area (Å²) in [5.41, 5.74) is 7.98. The van der Waals surface area contributed by atoms with Crippen molar-refractivity contribution in [1.82, 2.24) is 9.97 Å². The molecule has 2 rings (SSSR count). The number of carbonyl (C=O) groups excluding carboxylic acids is 1. The van der Waals surface area contributed by atoms with E-state index in [1.54, 1.807) is 6.92 Å². The van der Waals surface area contributed by atoms with Crippen molar-refractivity contribution in [2.24, 2.45) is 5.73 Å². The highest BCUT2D eigenvalue weighted by molar-refractivity contribution is 5.96. The summed E-state index contributed by atoms with van der Waals surface area (Å²) in [7, 11) is 0. The Bertz CT molecular complexity index is 539. The summed E-state index contributed by atoms with van der Waals surface area (Å²) in [6, 6.07) is 4.99. The van der Waals surface area contributed by atoms with Crippen molar-refractivity contribution in [3.05, 3.63) is 24.0 Å². The predicted molar refractivity (Wildman–Crippen MR) is 77.6 cm³/mol. The maximum Gasteiger partial charge on any atom is 0.240 e. The van der Waals surface area contributed by atoms with E-state index in [0.717, 1.165) is 22.5 Å². The summed E-state index contributed by atoms with van der Waals surface area (Å²) < 4.78 is 0. The number of amides is 1. The van der Waals surface area contributed by atoms with Crippen molar-refractivity contribution in [2.75, 3.05) is 5.32 Å². The molecule has 0 radical (unpaired) electrons. The third-order valence-corrected chi connectivity index (χ3v) is 2.28. The number of imidazole rings is 1. The minimum absolute atomic E-state index is 0. The smallest absolute Gasteiger partial charge is 0.240 e. The second kappa shape index (κ2) is 6.58. The van der Waals surface area contributed by atoms with Crippen molar-refractivity contribution in [1.29, 1.82) is 0 Å². The lowest BCUT2D eigenvalue weighted by Gasteiger charge is -2.07. The minimum Gasteiger partial charge on any atom is -0.342 e. The van der Waals surface area contributed by atoms with Gasteiger partial charge in [-0.15, -0.1) is 24.8 Å². The standard InChI is InChI=1S/C11H14N4O.2ClH/c1-6(12)11(16)15-8-3-4-9-10(5-8)14-7(2)13-9;;/h3-6H,12H2,1-2H3,(H,13,14)(H,15,16);2*1H/t6-;;/m0../s1. The molecule has 5 nitrogen and oxygen atoms in total. The van der Waals surface area contributed by atoms with Crippen LogP contribution in [0.2, 0.25) is 0 Å². The Morgan fingerprint density at radius 3 is 2.72 bits per heavy atom. The topological polar surface area (TPSA) is 83.8 Å². The lowest BCUT2D eigenvalue weighted by Crippen LogP contribution is -2.32. The number of nitrogens with one attached hydrogen (secondary N) is 2. The van der Waals surface area contributed by atoms with Crippen molar-refractivity contribution in [2.45, 2.75) is 19.9 Å². The van der Waals surface area contributed by atoms with Crippen LogP contribution in [0.5, 0.6) is 0 Å². The molecule has 1 atom stereocenters. The Morgan fingerprint density at radius 2 is 2.11 bits per heavy atom. The highest BCUT2D eigenvalue weighted by Gasteiger charge is 2.08. The molecule has 0 saturated carbocycles. The number of hydrogen-bond donors (Lipinski definition) is 3. The first-order valence-electron chi connectivity index (χ1n) is 5.09. The molecule has 1 aromatic heterocycles. The van der Waals surface area contributed by atoms with E-state index in [9.17, 15) is 4.79 Å². The molecule has 0 unspecified atom stereocenters. The zero-order chi connectivity index (χ0) is 11.7. The number of carbonyl (C=O) groups is 1. The van der Waals surface area contributed by atoms with Crippen LogP contribution < -0.4 is 11.1 Å². The molecule has 1 aromatic carbocycles. The van der Waals surface area contributed by atoms with Crippen LogP contribution in [-0.4, -0.2) is 21.9 Å². The molecule has 2 aromatic rings. The van der Waals surface area contributed by atoms with Gasteiger partial charge in [-0.3, -0.25) is 4.79 Å². The first-order chi connectivity index (χ1) is 7.56. The van der Waals surface area contributed by atoms with E-state index in [0.29, 0.717) is 0 Å². The molecular formula is C11H16Cl2N4O. The van der Waals surface area contributed by atoms with Gasteiger partial charge in [0.15, 0.2) is 0 Å². The number of fused-ring (bicyclic) bond motifs is 1. The second-order valence-corrected chi connectivity index (χ2v) is 3.83. The van der Waals surface area contributed by atoms with E-state index in [1.165, 1.54) is 0 Å². The van der Waals surface area contributed by atoms with Gasteiger partial charge in [-0.05, 0) is 32.0 Å².